The maximum Gasteiger partial charge on any atom is 0.541 e. The van der Waals surface area contributed by atoms with Gasteiger partial charge in [0.2, 0.25) is 0 Å². The van der Waals surface area contributed by atoms with Gasteiger partial charge in [0.25, 0.3) is 6.26 Å². The summed E-state index contributed by atoms with van der Waals surface area (Å²) in [6.07, 6.45) is 3.55. The molecule has 5 nitrogen and oxygen atoms in total. The van der Waals surface area contributed by atoms with Crippen LogP contribution in [0.2, 0.25) is 0 Å². The van der Waals surface area contributed by atoms with Crippen LogP contribution in [0.4, 0.5) is 0 Å². The number of benzene rings is 1. The van der Waals surface area contributed by atoms with Crippen LogP contribution in [-0.4, -0.2) is 28.6 Å². The lowest BCUT2D eigenvalue weighted by Gasteiger charge is -2.29. The van der Waals surface area contributed by atoms with E-state index in [4.69, 9.17) is 23.3 Å². The molecule has 0 bridgehead atoms. The molecule has 1 rings (SSSR count). The molecular weight excluding hydrogens is 298 g/mol. The predicted molar refractivity (Wildman–Crippen MR) is 86.9 cm³/mol. The third kappa shape index (κ3) is 4.30. The summed E-state index contributed by atoms with van der Waals surface area (Å²) in [4.78, 5) is 0. The Hall–Kier alpha value is -1.39. The van der Waals surface area contributed by atoms with Crippen LogP contribution in [0.1, 0.15) is 39.7 Å². The summed E-state index contributed by atoms with van der Waals surface area (Å²) in [5.41, 5.74) is 0.970. The Morgan fingerprint density at radius 2 is 1.59 bits per heavy atom. The molecule has 0 saturated carbocycles. The molecule has 0 aliphatic carbocycles. The van der Waals surface area contributed by atoms with Crippen LogP contribution in [0.25, 0.3) is 0 Å². The Kier molecular flexibility index (Phi) is 8.13. The number of hydrogen-bond donors (Lipinski definition) is 0. The fourth-order valence-corrected chi connectivity index (χ4v) is 5.03. The van der Waals surface area contributed by atoms with Gasteiger partial charge in [-0.25, -0.2) is 0 Å². The van der Waals surface area contributed by atoms with Gasteiger partial charge in [-0.3, -0.25) is 0 Å². The van der Waals surface area contributed by atoms with Gasteiger partial charge in [-0.2, -0.15) is 0 Å². The molecule has 1 aromatic carbocycles. The average molecular weight is 323 g/mol. The SMILES string of the molecule is CCCc1cccc([Si](OCC)(OCC)OCC)c1OC#N. The minimum atomic E-state index is -3.09. The van der Waals surface area contributed by atoms with Gasteiger partial charge in [-0.1, -0.05) is 31.5 Å². The van der Waals surface area contributed by atoms with Gasteiger partial charge < -0.3 is 18.0 Å². The normalized spacial score (nSPS) is 11.2. The van der Waals surface area contributed by atoms with Crippen molar-refractivity contribution in [1.82, 2.24) is 0 Å². The van der Waals surface area contributed by atoms with Crippen molar-refractivity contribution in [2.75, 3.05) is 19.8 Å². The molecule has 6 heteroatoms. The maximum atomic E-state index is 9.01. The van der Waals surface area contributed by atoms with Gasteiger partial charge in [0.1, 0.15) is 0 Å². The first-order valence-corrected chi connectivity index (χ1v) is 9.51. The molecule has 0 spiro atoms. The fraction of sp³-hybridized carbons (Fsp3) is 0.562. The summed E-state index contributed by atoms with van der Waals surface area (Å²) in [6.45, 7) is 9.20. The smallest absolute Gasteiger partial charge is 0.388 e. The van der Waals surface area contributed by atoms with Crippen molar-refractivity contribution in [3.63, 3.8) is 0 Å². The number of ether oxygens (including phenoxy) is 1. The van der Waals surface area contributed by atoms with Crippen LogP contribution in [0.15, 0.2) is 18.2 Å². The first-order chi connectivity index (χ1) is 10.7. The van der Waals surface area contributed by atoms with Gasteiger partial charge in [-0.05, 0) is 32.8 Å². The number of nitrogens with zero attached hydrogens (tertiary/aromatic N) is 1. The number of hydrogen-bond acceptors (Lipinski definition) is 5. The summed E-state index contributed by atoms with van der Waals surface area (Å²) < 4.78 is 23.0. The molecule has 0 amide bonds. The van der Waals surface area contributed by atoms with E-state index in [2.05, 4.69) is 6.92 Å². The summed E-state index contributed by atoms with van der Waals surface area (Å²) in [6, 6.07) is 5.77. The molecule has 0 atom stereocenters. The van der Waals surface area contributed by atoms with Gasteiger partial charge in [0, 0.05) is 19.8 Å². The Labute approximate surface area is 134 Å². The highest BCUT2D eigenvalue weighted by Gasteiger charge is 2.46. The van der Waals surface area contributed by atoms with Crippen LogP contribution in [0.3, 0.4) is 0 Å². The Morgan fingerprint density at radius 1 is 1.00 bits per heavy atom. The van der Waals surface area contributed by atoms with Crippen molar-refractivity contribution in [1.29, 1.82) is 5.26 Å². The molecule has 0 aromatic heterocycles. The highest BCUT2D eigenvalue weighted by molar-refractivity contribution is 6.76. The monoisotopic (exact) mass is 323 g/mol. The van der Waals surface area contributed by atoms with E-state index in [1.807, 2.05) is 39.0 Å². The number of nitriles is 1. The van der Waals surface area contributed by atoms with Crippen LogP contribution in [-0.2, 0) is 19.7 Å². The molecule has 0 heterocycles. The second kappa shape index (κ2) is 9.59. The lowest BCUT2D eigenvalue weighted by Crippen LogP contribution is -2.57. The van der Waals surface area contributed by atoms with Crippen molar-refractivity contribution in [2.24, 2.45) is 0 Å². The summed E-state index contributed by atoms with van der Waals surface area (Å²) in [5.74, 6) is 0.522. The van der Waals surface area contributed by atoms with E-state index in [1.54, 1.807) is 6.26 Å². The summed E-state index contributed by atoms with van der Waals surface area (Å²) >= 11 is 0. The van der Waals surface area contributed by atoms with E-state index in [-0.39, 0.29) is 0 Å². The van der Waals surface area contributed by atoms with Crippen molar-refractivity contribution >= 4 is 14.0 Å². The summed E-state index contributed by atoms with van der Waals surface area (Å²) in [5, 5.41) is 9.74. The highest BCUT2D eigenvalue weighted by atomic mass is 28.4. The van der Waals surface area contributed by atoms with Crippen LogP contribution < -0.4 is 9.92 Å². The molecular formula is C16H25NO4Si. The maximum absolute atomic E-state index is 9.01. The highest BCUT2D eigenvalue weighted by Crippen LogP contribution is 2.23. The summed E-state index contributed by atoms with van der Waals surface area (Å²) in [7, 11) is -3.09. The molecule has 0 aliphatic rings. The zero-order chi connectivity index (χ0) is 16.4. The Bertz CT molecular complexity index is 484. The topological polar surface area (TPSA) is 60.7 Å². The molecule has 0 saturated heterocycles. The standard InChI is InChI=1S/C16H25NO4Si/c1-5-10-14-11-9-12-15(16(14)18-13-17)22(19-6-2,20-7-3)21-8-4/h9,11-12H,5-8,10H2,1-4H3. The van der Waals surface area contributed by atoms with E-state index < -0.39 is 8.80 Å². The molecule has 1 aromatic rings. The molecule has 0 N–H and O–H groups in total. The second-order valence-electron chi connectivity index (χ2n) is 4.59. The molecule has 22 heavy (non-hydrogen) atoms. The van der Waals surface area contributed by atoms with Gasteiger partial charge in [0.15, 0.2) is 5.75 Å². The molecule has 0 aliphatic heterocycles. The predicted octanol–water partition coefficient (Wildman–Crippen LogP) is 2.75. The largest absolute Gasteiger partial charge is 0.541 e. The number of rotatable bonds is 10. The first-order valence-electron chi connectivity index (χ1n) is 7.79. The molecule has 122 valence electrons. The van der Waals surface area contributed by atoms with Gasteiger partial charge in [0.05, 0.1) is 5.19 Å². The number of aryl methyl sites for hydroxylation is 1. The zero-order valence-corrected chi connectivity index (χ0v) is 14.8. The Morgan fingerprint density at radius 3 is 2.05 bits per heavy atom. The quantitative estimate of drug-likeness (QED) is 0.489. The van der Waals surface area contributed by atoms with E-state index >= 15 is 0 Å². The van der Waals surface area contributed by atoms with Crippen molar-refractivity contribution in [3.05, 3.63) is 23.8 Å². The molecule has 0 fully saturated rings. The van der Waals surface area contributed by atoms with Crippen molar-refractivity contribution in [3.8, 4) is 12.0 Å². The third-order valence-electron chi connectivity index (χ3n) is 3.10. The average Bonchev–Trinajstić information content (AvgIpc) is 2.50. The van der Waals surface area contributed by atoms with E-state index in [0.717, 1.165) is 23.6 Å². The second-order valence-corrected chi connectivity index (χ2v) is 7.11. The minimum Gasteiger partial charge on any atom is -0.388 e. The van der Waals surface area contributed by atoms with E-state index in [0.29, 0.717) is 25.6 Å². The van der Waals surface area contributed by atoms with Gasteiger partial charge in [-0.15, -0.1) is 5.26 Å². The lowest BCUT2D eigenvalue weighted by molar-refractivity contribution is 0.0855. The Balaban J connectivity index is 3.44. The van der Waals surface area contributed by atoms with Crippen molar-refractivity contribution < 1.29 is 18.0 Å². The molecule has 0 radical (unpaired) electrons. The first kappa shape index (κ1) is 18.7. The van der Waals surface area contributed by atoms with Gasteiger partial charge >= 0.3 is 8.80 Å². The van der Waals surface area contributed by atoms with Crippen LogP contribution >= 0.6 is 0 Å². The minimum absolute atomic E-state index is 0.468. The van der Waals surface area contributed by atoms with Crippen LogP contribution in [0, 0.1) is 11.5 Å². The third-order valence-corrected chi connectivity index (χ3v) is 6.16. The van der Waals surface area contributed by atoms with Crippen LogP contribution in [0.5, 0.6) is 5.75 Å². The van der Waals surface area contributed by atoms with E-state index in [1.165, 1.54) is 0 Å². The fourth-order valence-electron chi connectivity index (χ4n) is 2.39. The number of para-hydroxylation sites is 1. The van der Waals surface area contributed by atoms with Crippen molar-refractivity contribution in [2.45, 2.75) is 40.5 Å². The zero-order valence-electron chi connectivity index (χ0n) is 13.8. The molecule has 0 unspecified atom stereocenters. The van der Waals surface area contributed by atoms with E-state index in [9.17, 15) is 0 Å². The lowest BCUT2D eigenvalue weighted by atomic mass is 10.1.